The maximum Gasteiger partial charge on any atom is 0.0967 e. The van der Waals surface area contributed by atoms with Gasteiger partial charge in [0.2, 0.25) is 0 Å². The first-order chi connectivity index (χ1) is 5.68. The number of aliphatic hydroxyl groups excluding tert-OH is 1. The first-order valence-electron chi connectivity index (χ1n) is 4.22. The molecule has 0 heterocycles. The van der Waals surface area contributed by atoms with Gasteiger partial charge in [-0.1, -0.05) is 31.9 Å². The predicted octanol–water partition coefficient (Wildman–Crippen LogP) is 0.234. The monoisotopic (exact) mass is 171 g/mol. The second-order valence-electron chi connectivity index (χ2n) is 2.68. The number of carbonyl (C=O) groups excluding carboxylic acids is 1. The van der Waals surface area contributed by atoms with Crippen molar-refractivity contribution in [3.63, 3.8) is 0 Å². The highest BCUT2D eigenvalue weighted by atomic mass is 16.4. The summed E-state index contributed by atoms with van der Waals surface area (Å²) in [5.74, 6) is -1.41. The van der Waals surface area contributed by atoms with Gasteiger partial charge in [0, 0.05) is 0 Å². The van der Waals surface area contributed by atoms with Crippen LogP contribution in [0.25, 0.3) is 0 Å². The van der Waals surface area contributed by atoms with Crippen LogP contribution in [-0.2, 0) is 4.79 Å². The molecule has 1 atom stereocenters. The van der Waals surface area contributed by atoms with Crippen LogP contribution in [0.4, 0.5) is 0 Å². The molecular weight excluding hydrogens is 156 g/mol. The summed E-state index contributed by atoms with van der Waals surface area (Å²) >= 11 is 0. The molecule has 0 amide bonds. The van der Waals surface area contributed by atoms with Gasteiger partial charge in [-0.25, -0.2) is 0 Å². The third-order valence-corrected chi connectivity index (χ3v) is 1.52. The zero-order chi connectivity index (χ0) is 9.40. The molecular formula is C9H15O3-. The van der Waals surface area contributed by atoms with Crippen molar-refractivity contribution in [2.75, 3.05) is 0 Å². The van der Waals surface area contributed by atoms with Crippen LogP contribution >= 0.6 is 0 Å². The van der Waals surface area contributed by atoms with Gasteiger partial charge >= 0.3 is 0 Å². The normalized spacial score (nSPS) is 13.5. The van der Waals surface area contributed by atoms with Crippen LogP contribution in [0, 0.1) is 0 Å². The molecule has 0 saturated carbocycles. The Morgan fingerprint density at radius 2 is 2.25 bits per heavy atom. The lowest BCUT2D eigenvalue weighted by atomic mass is 10.2. The summed E-state index contributed by atoms with van der Waals surface area (Å²) in [6.45, 7) is 2.09. The Morgan fingerprint density at radius 3 is 2.75 bits per heavy atom. The zero-order valence-corrected chi connectivity index (χ0v) is 7.32. The summed E-state index contributed by atoms with van der Waals surface area (Å²) in [5, 5.41) is 18.8. The van der Waals surface area contributed by atoms with Gasteiger partial charge in [-0.15, -0.1) is 0 Å². The molecule has 0 aromatic heterocycles. The van der Waals surface area contributed by atoms with Crippen molar-refractivity contribution >= 4 is 5.97 Å². The molecule has 3 heteroatoms. The molecule has 0 aliphatic heterocycles. The van der Waals surface area contributed by atoms with Gasteiger partial charge in [0.25, 0.3) is 0 Å². The van der Waals surface area contributed by atoms with E-state index in [-0.39, 0.29) is 6.42 Å². The summed E-state index contributed by atoms with van der Waals surface area (Å²) in [6, 6.07) is 0. The zero-order valence-electron chi connectivity index (χ0n) is 7.32. The lowest BCUT2D eigenvalue weighted by molar-refractivity contribution is -0.314. The van der Waals surface area contributed by atoms with E-state index in [9.17, 15) is 9.90 Å². The van der Waals surface area contributed by atoms with Crippen molar-refractivity contribution in [2.24, 2.45) is 0 Å². The van der Waals surface area contributed by atoms with Crippen molar-refractivity contribution < 1.29 is 15.0 Å². The van der Waals surface area contributed by atoms with Crippen molar-refractivity contribution in [3.8, 4) is 0 Å². The molecule has 0 radical (unpaired) electrons. The minimum absolute atomic E-state index is 0.145. The molecule has 1 unspecified atom stereocenters. The average Bonchev–Trinajstić information content (AvgIpc) is 2.03. The average molecular weight is 171 g/mol. The van der Waals surface area contributed by atoms with Crippen LogP contribution in [0.15, 0.2) is 12.2 Å². The minimum atomic E-state index is -1.41. The number of carboxylic acid groups (broad SMARTS) is 1. The largest absolute Gasteiger partial charge is 0.547 e. The van der Waals surface area contributed by atoms with Crippen LogP contribution in [0.1, 0.15) is 32.6 Å². The van der Waals surface area contributed by atoms with E-state index < -0.39 is 12.1 Å². The van der Waals surface area contributed by atoms with Crippen LogP contribution in [-0.4, -0.2) is 17.2 Å². The Kier molecular flexibility index (Phi) is 6.38. The highest BCUT2D eigenvalue weighted by molar-refractivity contribution is 5.69. The van der Waals surface area contributed by atoms with Gasteiger partial charge in [0.1, 0.15) is 0 Å². The topological polar surface area (TPSA) is 60.4 Å². The SMILES string of the molecule is CCCC/C=C\CC(O)C(=O)[O-]. The lowest BCUT2D eigenvalue weighted by Crippen LogP contribution is -2.34. The Bertz CT molecular complexity index is 152. The molecule has 0 bridgehead atoms. The van der Waals surface area contributed by atoms with Gasteiger partial charge in [-0.2, -0.15) is 0 Å². The van der Waals surface area contributed by atoms with E-state index >= 15 is 0 Å². The summed E-state index contributed by atoms with van der Waals surface area (Å²) in [6.07, 6.45) is 5.50. The second kappa shape index (κ2) is 6.85. The molecule has 0 aliphatic rings. The highest BCUT2D eigenvalue weighted by Gasteiger charge is 1.99. The van der Waals surface area contributed by atoms with Gasteiger partial charge in [-0.05, 0) is 12.8 Å². The predicted molar refractivity (Wildman–Crippen MR) is 44.3 cm³/mol. The molecule has 70 valence electrons. The van der Waals surface area contributed by atoms with Crippen molar-refractivity contribution in [3.05, 3.63) is 12.2 Å². The van der Waals surface area contributed by atoms with E-state index in [4.69, 9.17) is 5.11 Å². The molecule has 0 aliphatic carbocycles. The number of aliphatic carboxylic acids is 1. The molecule has 12 heavy (non-hydrogen) atoms. The number of rotatable bonds is 6. The summed E-state index contributed by atoms with van der Waals surface area (Å²) < 4.78 is 0. The number of allylic oxidation sites excluding steroid dienone is 1. The van der Waals surface area contributed by atoms with E-state index in [1.54, 1.807) is 6.08 Å². The molecule has 0 aromatic carbocycles. The van der Waals surface area contributed by atoms with Gasteiger partial charge in [0.15, 0.2) is 0 Å². The quantitative estimate of drug-likeness (QED) is 0.460. The summed E-state index contributed by atoms with van der Waals surface area (Å²) in [5.41, 5.74) is 0. The number of hydrogen-bond acceptors (Lipinski definition) is 3. The van der Waals surface area contributed by atoms with E-state index in [2.05, 4.69) is 6.92 Å². The van der Waals surface area contributed by atoms with E-state index in [1.165, 1.54) is 0 Å². The third kappa shape index (κ3) is 5.92. The number of carboxylic acids is 1. The molecule has 0 spiro atoms. The molecule has 0 saturated heterocycles. The Hall–Kier alpha value is -0.830. The van der Waals surface area contributed by atoms with Crippen molar-refractivity contribution in [2.45, 2.75) is 38.7 Å². The molecule has 0 fully saturated rings. The van der Waals surface area contributed by atoms with Crippen LogP contribution < -0.4 is 5.11 Å². The van der Waals surface area contributed by atoms with E-state index in [1.807, 2.05) is 6.08 Å². The Labute approximate surface area is 72.7 Å². The number of aliphatic hydroxyl groups is 1. The maximum absolute atomic E-state index is 10.0. The number of unbranched alkanes of at least 4 members (excludes halogenated alkanes) is 2. The minimum Gasteiger partial charge on any atom is -0.547 e. The second-order valence-corrected chi connectivity index (χ2v) is 2.68. The van der Waals surface area contributed by atoms with Crippen LogP contribution in [0.3, 0.4) is 0 Å². The van der Waals surface area contributed by atoms with Crippen LogP contribution in [0.2, 0.25) is 0 Å². The lowest BCUT2D eigenvalue weighted by Gasteiger charge is -2.07. The molecule has 3 nitrogen and oxygen atoms in total. The first kappa shape index (κ1) is 11.2. The van der Waals surface area contributed by atoms with Gasteiger partial charge in [-0.3, -0.25) is 0 Å². The van der Waals surface area contributed by atoms with Crippen LogP contribution in [0.5, 0.6) is 0 Å². The fraction of sp³-hybridized carbons (Fsp3) is 0.667. The molecule has 1 N–H and O–H groups in total. The summed E-state index contributed by atoms with van der Waals surface area (Å²) in [4.78, 5) is 10.0. The van der Waals surface area contributed by atoms with Gasteiger partial charge < -0.3 is 15.0 Å². The van der Waals surface area contributed by atoms with E-state index in [0.717, 1.165) is 19.3 Å². The maximum atomic E-state index is 10.0. The highest BCUT2D eigenvalue weighted by Crippen LogP contribution is 1.98. The molecule has 0 aromatic rings. The standard InChI is InChI=1S/C9H16O3/c1-2-3-4-5-6-7-8(10)9(11)12/h5-6,8,10H,2-4,7H2,1H3,(H,11,12)/p-1/b6-5-. The third-order valence-electron chi connectivity index (χ3n) is 1.52. The number of hydrogen-bond donors (Lipinski definition) is 1. The first-order valence-corrected chi connectivity index (χ1v) is 4.22. The fourth-order valence-corrected chi connectivity index (χ4v) is 0.761. The smallest absolute Gasteiger partial charge is 0.0967 e. The Balaban J connectivity index is 3.40. The van der Waals surface area contributed by atoms with E-state index in [0.29, 0.717) is 0 Å². The Morgan fingerprint density at radius 1 is 1.58 bits per heavy atom. The molecule has 0 rings (SSSR count). The summed E-state index contributed by atoms with van der Waals surface area (Å²) in [7, 11) is 0. The van der Waals surface area contributed by atoms with Crippen molar-refractivity contribution in [1.82, 2.24) is 0 Å². The number of carbonyl (C=O) groups is 1. The van der Waals surface area contributed by atoms with Crippen molar-refractivity contribution in [1.29, 1.82) is 0 Å². The fourth-order valence-electron chi connectivity index (χ4n) is 0.761. The van der Waals surface area contributed by atoms with Gasteiger partial charge in [0.05, 0.1) is 12.1 Å².